The molecule has 18 heavy (non-hydrogen) atoms. The van der Waals surface area contributed by atoms with E-state index in [2.05, 4.69) is 5.43 Å². The molecule has 0 aliphatic heterocycles. The normalized spacial score (nSPS) is 14.4. The second kappa shape index (κ2) is 5.37. The number of nitrogen functional groups attached to an aromatic ring is 1. The van der Waals surface area contributed by atoms with Crippen LogP contribution in [0.15, 0.2) is 18.2 Å². The molecule has 98 valence electrons. The monoisotopic (exact) mass is 249 g/mol. The van der Waals surface area contributed by atoms with E-state index in [0.29, 0.717) is 17.8 Å². The first-order valence-corrected chi connectivity index (χ1v) is 6.16. The zero-order chi connectivity index (χ0) is 13.1. The number of nitrogens with zero attached hydrogens (tertiary/aromatic N) is 1. The highest BCUT2D eigenvalue weighted by molar-refractivity contribution is 6.00. The summed E-state index contributed by atoms with van der Waals surface area (Å²) >= 11 is 0. The Labute approximate surface area is 107 Å². The first-order chi connectivity index (χ1) is 8.67. The molecule has 1 aliphatic rings. The molecule has 0 atom stereocenters. The summed E-state index contributed by atoms with van der Waals surface area (Å²) in [7, 11) is 0. The van der Waals surface area contributed by atoms with Crippen molar-refractivity contribution in [2.24, 2.45) is 5.84 Å². The Balaban J connectivity index is 2.26. The first-order valence-electron chi connectivity index (χ1n) is 6.16. The molecule has 0 heterocycles. The van der Waals surface area contributed by atoms with Gasteiger partial charge in [-0.25, -0.2) is 0 Å². The molecule has 1 amide bonds. The van der Waals surface area contributed by atoms with Gasteiger partial charge in [0, 0.05) is 12.6 Å². The van der Waals surface area contributed by atoms with E-state index in [1.807, 2.05) is 19.1 Å². The number of rotatable bonds is 5. The Morgan fingerprint density at radius 2 is 2.28 bits per heavy atom. The zero-order valence-electron chi connectivity index (χ0n) is 10.5. The number of aliphatic hydroxyl groups excluding tert-OH is 1. The third-order valence-corrected chi connectivity index (χ3v) is 3.15. The molecule has 0 spiro atoms. The van der Waals surface area contributed by atoms with Crippen molar-refractivity contribution >= 4 is 11.6 Å². The molecule has 1 aromatic carbocycles. The van der Waals surface area contributed by atoms with Crippen LogP contribution in [0.3, 0.4) is 0 Å². The maximum absolute atomic E-state index is 12.4. The van der Waals surface area contributed by atoms with Gasteiger partial charge in [0.25, 0.3) is 5.91 Å². The molecule has 0 saturated heterocycles. The number of anilines is 1. The molecule has 1 aliphatic carbocycles. The standard InChI is InChI=1S/C13H19N3O2/c1-9-2-5-11(12(8-9)15-14)13(18)16(6-7-17)10-3-4-10/h2,5,8,10,15,17H,3-4,6-7,14H2,1H3. The maximum atomic E-state index is 12.4. The van der Waals surface area contributed by atoms with Gasteiger partial charge in [0.1, 0.15) is 0 Å². The van der Waals surface area contributed by atoms with Crippen molar-refractivity contribution in [2.75, 3.05) is 18.6 Å². The number of carbonyl (C=O) groups is 1. The van der Waals surface area contributed by atoms with Crippen molar-refractivity contribution < 1.29 is 9.90 Å². The fourth-order valence-electron chi connectivity index (χ4n) is 2.06. The van der Waals surface area contributed by atoms with Crippen LogP contribution < -0.4 is 11.3 Å². The zero-order valence-corrected chi connectivity index (χ0v) is 10.5. The van der Waals surface area contributed by atoms with E-state index in [4.69, 9.17) is 10.9 Å². The lowest BCUT2D eigenvalue weighted by Crippen LogP contribution is -2.36. The lowest BCUT2D eigenvalue weighted by Gasteiger charge is -2.22. The Bertz CT molecular complexity index is 444. The third kappa shape index (κ3) is 2.63. The van der Waals surface area contributed by atoms with Gasteiger partial charge in [-0.1, -0.05) is 6.07 Å². The summed E-state index contributed by atoms with van der Waals surface area (Å²) in [5.41, 5.74) is 4.79. The predicted molar refractivity (Wildman–Crippen MR) is 70.1 cm³/mol. The number of nitrogens with one attached hydrogen (secondary N) is 1. The number of amides is 1. The van der Waals surface area contributed by atoms with Gasteiger partial charge in [-0.3, -0.25) is 10.6 Å². The van der Waals surface area contributed by atoms with Crippen LogP contribution >= 0.6 is 0 Å². The summed E-state index contributed by atoms with van der Waals surface area (Å²) in [5.74, 6) is 5.38. The van der Waals surface area contributed by atoms with Crippen LogP contribution in [0.5, 0.6) is 0 Å². The van der Waals surface area contributed by atoms with Crippen LogP contribution in [0.2, 0.25) is 0 Å². The fraction of sp³-hybridized carbons (Fsp3) is 0.462. The van der Waals surface area contributed by atoms with Crippen LogP contribution in [0.1, 0.15) is 28.8 Å². The molecule has 1 aromatic rings. The van der Waals surface area contributed by atoms with Gasteiger partial charge in [-0.2, -0.15) is 0 Å². The summed E-state index contributed by atoms with van der Waals surface area (Å²) in [4.78, 5) is 14.2. The summed E-state index contributed by atoms with van der Waals surface area (Å²) in [6, 6.07) is 5.78. The summed E-state index contributed by atoms with van der Waals surface area (Å²) in [5, 5.41) is 9.05. The molecular formula is C13H19N3O2. The van der Waals surface area contributed by atoms with E-state index in [-0.39, 0.29) is 18.6 Å². The van der Waals surface area contributed by atoms with Crippen LogP contribution in [-0.4, -0.2) is 35.1 Å². The van der Waals surface area contributed by atoms with Gasteiger partial charge in [-0.05, 0) is 37.5 Å². The van der Waals surface area contributed by atoms with Crippen molar-refractivity contribution in [1.29, 1.82) is 0 Å². The molecule has 0 radical (unpaired) electrons. The topological polar surface area (TPSA) is 78.6 Å². The molecule has 1 saturated carbocycles. The third-order valence-electron chi connectivity index (χ3n) is 3.15. The Morgan fingerprint density at radius 3 is 2.83 bits per heavy atom. The number of hydrogen-bond acceptors (Lipinski definition) is 4. The average Bonchev–Trinajstić information content (AvgIpc) is 3.19. The Hall–Kier alpha value is -1.59. The highest BCUT2D eigenvalue weighted by Crippen LogP contribution is 2.29. The van der Waals surface area contributed by atoms with E-state index in [0.717, 1.165) is 18.4 Å². The average molecular weight is 249 g/mol. The summed E-state index contributed by atoms with van der Waals surface area (Å²) < 4.78 is 0. The van der Waals surface area contributed by atoms with Gasteiger partial charge < -0.3 is 15.4 Å². The molecule has 5 heteroatoms. The second-order valence-electron chi connectivity index (χ2n) is 4.65. The van der Waals surface area contributed by atoms with E-state index >= 15 is 0 Å². The molecule has 0 aromatic heterocycles. The van der Waals surface area contributed by atoms with Gasteiger partial charge in [-0.15, -0.1) is 0 Å². The highest BCUT2D eigenvalue weighted by atomic mass is 16.3. The number of benzene rings is 1. The largest absolute Gasteiger partial charge is 0.395 e. The molecule has 0 unspecified atom stereocenters. The smallest absolute Gasteiger partial charge is 0.256 e. The molecular weight excluding hydrogens is 230 g/mol. The second-order valence-corrected chi connectivity index (χ2v) is 4.65. The van der Waals surface area contributed by atoms with Crippen LogP contribution in [-0.2, 0) is 0 Å². The van der Waals surface area contributed by atoms with Crippen molar-refractivity contribution in [3.8, 4) is 0 Å². The summed E-state index contributed by atoms with van der Waals surface area (Å²) in [6.45, 7) is 2.31. The number of hydrazine groups is 1. The van der Waals surface area contributed by atoms with Gasteiger partial charge in [0.2, 0.25) is 0 Å². The lowest BCUT2D eigenvalue weighted by atomic mass is 10.1. The van der Waals surface area contributed by atoms with Crippen molar-refractivity contribution in [1.82, 2.24) is 4.90 Å². The van der Waals surface area contributed by atoms with E-state index < -0.39 is 0 Å². The minimum Gasteiger partial charge on any atom is -0.395 e. The number of nitrogens with two attached hydrogens (primary N) is 1. The fourth-order valence-corrected chi connectivity index (χ4v) is 2.06. The number of carbonyl (C=O) groups excluding carboxylic acids is 1. The number of hydrogen-bond donors (Lipinski definition) is 3. The predicted octanol–water partition coefficient (Wildman–Crippen LogP) is 0.878. The molecule has 2 rings (SSSR count). The summed E-state index contributed by atoms with van der Waals surface area (Å²) in [6.07, 6.45) is 2.03. The van der Waals surface area contributed by atoms with E-state index in [1.54, 1.807) is 11.0 Å². The minimum atomic E-state index is -0.0699. The van der Waals surface area contributed by atoms with Gasteiger partial charge >= 0.3 is 0 Å². The molecule has 4 N–H and O–H groups in total. The van der Waals surface area contributed by atoms with Crippen LogP contribution in [0.4, 0.5) is 5.69 Å². The number of aliphatic hydroxyl groups is 1. The molecule has 0 bridgehead atoms. The van der Waals surface area contributed by atoms with E-state index in [9.17, 15) is 4.79 Å². The Kier molecular flexibility index (Phi) is 3.84. The number of aryl methyl sites for hydroxylation is 1. The van der Waals surface area contributed by atoms with Gasteiger partial charge in [0.15, 0.2) is 0 Å². The highest BCUT2D eigenvalue weighted by Gasteiger charge is 2.33. The van der Waals surface area contributed by atoms with Crippen LogP contribution in [0.25, 0.3) is 0 Å². The van der Waals surface area contributed by atoms with Gasteiger partial charge in [0.05, 0.1) is 17.9 Å². The lowest BCUT2D eigenvalue weighted by molar-refractivity contribution is 0.0708. The molecule has 5 nitrogen and oxygen atoms in total. The first kappa shape index (κ1) is 12.9. The minimum absolute atomic E-state index is 0.0144. The maximum Gasteiger partial charge on any atom is 0.256 e. The SMILES string of the molecule is Cc1ccc(C(=O)N(CCO)C2CC2)c(NN)c1. The Morgan fingerprint density at radius 1 is 1.56 bits per heavy atom. The van der Waals surface area contributed by atoms with E-state index in [1.165, 1.54) is 0 Å². The van der Waals surface area contributed by atoms with Crippen LogP contribution in [0, 0.1) is 6.92 Å². The van der Waals surface area contributed by atoms with Crippen molar-refractivity contribution in [3.63, 3.8) is 0 Å². The van der Waals surface area contributed by atoms with Crippen molar-refractivity contribution in [3.05, 3.63) is 29.3 Å². The van der Waals surface area contributed by atoms with Crippen molar-refractivity contribution in [2.45, 2.75) is 25.8 Å². The quantitative estimate of drug-likeness (QED) is 0.534. The molecule has 1 fully saturated rings.